The first-order valence-electron chi connectivity index (χ1n) is 34.0. The number of rotatable bonds is 17. The van der Waals surface area contributed by atoms with Crippen molar-refractivity contribution in [1.82, 2.24) is 88.4 Å². The van der Waals surface area contributed by atoms with E-state index in [1.165, 1.54) is 93.6 Å². The van der Waals surface area contributed by atoms with Gasteiger partial charge < -0.3 is 67.9 Å². The van der Waals surface area contributed by atoms with Crippen molar-refractivity contribution in [2.24, 2.45) is 0 Å². The number of aromatic amines is 2. The number of ketones is 3. The quantitative estimate of drug-likeness (QED) is 0.0482. The second-order valence-corrected chi connectivity index (χ2v) is 26.8. The highest BCUT2D eigenvalue weighted by Gasteiger charge is 2.39. The molecule has 3 aliphatic rings. The number of H-pyrrole nitrogens is 2. The van der Waals surface area contributed by atoms with Crippen LogP contribution in [0.4, 0.5) is 0 Å². The van der Waals surface area contributed by atoms with Crippen LogP contribution in [-0.4, -0.2) is 249 Å². The summed E-state index contributed by atoms with van der Waals surface area (Å²) in [5, 5.41) is 9.66. The Morgan fingerprint density at radius 1 is 0.491 bits per heavy atom. The number of aryl methyl sites for hydroxylation is 2. The Morgan fingerprint density at radius 2 is 0.898 bits per heavy atom. The lowest BCUT2D eigenvalue weighted by atomic mass is 10.1. The molecule has 4 N–H and O–H groups in total. The number of amides is 6. The lowest BCUT2D eigenvalue weighted by Gasteiger charge is -2.39. The van der Waals surface area contributed by atoms with Crippen molar-refractivity contribution in [2.75, 3.05) is 80.2 Å². The van der Waals surface area contributed by atoms with Crippen molar-refractivity contribution in [1.29, 1.82) is 0 Å². The SMILES string of the molecule is COc1ccnc2[nH]cc(C(=O)C(=O)N3CCN(C(=O)c4ccccc4)CC3C)c12.COc1cnc(-n2cnc(C)n2)c2[nH]cc(C(=O)C(=O)N3CCN(C(=O)c4ccccc4)CC3C)c12.COc1cnc(-n2cnc(C)n2)c2c1c(C(=O)C(=O)N1CCN(C(=O)c3ccccc3)CC1C)cn2COP(=O)(O)O. The van der Waals surface area contributed by atoms with Crippen LogP contribution in [-0.2, 0) is 30.2 Å². The Morgan fingerprint density at radius 3 is 1.31 bits per heavy atom. The number of piperazine rings is 3. The number of hydrogen-bond acceptors (Lipinski definition) is 21. The lowest BCUT2D eigenvalue weighted by molar-refractivity contribution is -0.130. The number of ether oxygens (including phenoxy) is 3. The van der Waals surface area contributed by atoms with Crippen LogP contribution in [0, 0.1) is 13.8 Å². The maximum absolute atomic E-state index is 13.8. The normalized spacial score (nSPS) is 16.0. The maximum atomic E-state index is 13.8. The highest BCUT2D eigenvalue weighted by Crippen LogP contribution is 2.40. The molecular weight excluding hydrogens is 1420 g/mol. The first-order chi connectivity index (χ1) is 51.9. The summed E-state index contributed by atoms with van der Waals surface area (Å²) in [6, 6.07) is 27.4. The van der Waals surface area contributed by atoms with Crippen LogP contribution >= 0.6 is 7.82 Å². The van der Waals surface area contributed by atoms with E-state index in [0.29, 0.717) is 100 Å². The summed E-state index contributed by atoms with van der Waals surface area (Å²) in [7, 11) is -0.570. The van der Waals surface area contributed by atoms with Crippen LogP contribution in [0.3, 0.4) is 0 Å². The minimum absolute atomic E-state index is 0.0756. The summed E-state index contributed by atoms with van der Waals surface area (Å²) >= 11 is 0. The molecule has 3 atom stereocenters. The number of hydrogen-bond donors (Lipinski definition) is 4. The summed E-state index contributed by atoms with van der Waals surface area (Å²) in [5.41, 5.74) is 3.23. The Labute approximate surface area is 616 Å². The van der Waals surface area contributed by atoms with E-state index in [1.807, 2.05) is 56.3 Å². The average molecular weight is 1490 g/mol. The monoisotopic (exact) mass is 1490 g/mol. The van der Waals surface area contributed by atoms with Gasteiger partial charge in [-0.3, -0.25) is 47.7 Å². The van der Waals surface area contributed by atoms with Crippen LogP contribution in [0.25, 0.3) is 44.5 Å². The molecule has 3 fully saturated rings. The number of phosphoric acid groups is 1. The van der Waals surface area contributed by atoms with Crippen molar-refractivity contribution in [3.63, 3.8) is 0 Å². The number of Topliss-reactive ketones (excluding diaryl/α,β-unsaturated/α-hetero) is 3. The molecule has 0 spiro atoms. The number of aromatic nitrogens is 12. The van der Waals surface area contributed by atoms with E-state index in [-0.39, 0.29) is 95.1 Å². The molecule has 14 rings (SSSR count). The molecule has 108 heavy (non-hydrogen) atoms. The van der Waals surface area contributed by atoms with Crippen molar-refractivity contribution >= 4 is 93.5 Å². The molecule has 35 heteroatoms. The van der Waals surface area contributed by atoms with E-state index in [4.69, 9.17) is 18.7 Å². The smallest absolute Gasteiger partial charge is 0.471 e. The van der Waals surface area contributed by atoms with Gasteiger partial charge in [-0.25, -0.2) is 38.8 Å². The largest absolute Gasteiger partial charge is 0.496 e. The van der Waals surface area contributed by atoms with E-state index in [2.05, 4.69) is 45.1 Å². The van der Waals surface area contributed by atoms with Gasteiger partial charge >= 0.3 is 7.82 Å². The number of benzene rings is 3. The molecular formula is C73H75N18O16P. The molecule has 3 aliphatic heterocycles. The van der Waals surface area contributed by atoms with E-state index < -0.39 is 55.7 Å². The Bertz CT molecular complexity index is 5310. The van der Waals surface area contributed by atoms with Gasteiger partial charge in [-0.2, -0.15) is 10.2 Å². The third-order valence-electron chi connectivity index (χ3n) is 18.6. The number of pyridine rings is 3. The fourth-order valence-corrected chi connectivity index (χ4v) is 13.5. The topological polar surface area (TPSA) is 404 Å². The molecule has 11 heterocycles. The van der Waals surface area contributed by atoms with Gasteiger partial charge in [-0.1, -0.05) is 54.6 Å². The van der Waals surface area contributed by atoms with Crippen molar-refractivity contribution in [3.05, 3.63) is 192 Å². The molecule has 3 saturated heterocycles. The minimum atomic E-state index is -4.91. The summed E-state index contributed by atoms with van der Waals surface area (Å²) in [6.07, 6.45) is 11.5. The molecule has 6 amide bonds. The number of fused-ring (bicyclic) bond motifs is 3. The van der Waals surface area contributed by atoms with Gasteiger partial charge in [0.25, 0.3) is 52.8 Å². The first-order valence-corrected chi connectivity index (χ1v) is 35.6. The summed E-state index contributed by atoms with van der Waals surface area (Å²) in [5.74, 6) is -1.98. The molecule has 0 bridgehead atoms. The second-order valence-electron chi connectivity index (χ2n) is 25.5. The average Bonchev–Trinajstić information content (AvgIpc) is 1.60. The zero-order valence-corrected chi connectivity index (χ0v) is 60.8. The third-order valence-corrected chi connectivity index (χ3v) is 19.1. The number of methoxy groups -OCH3 is 3. The van der Waals surface area contributed by atoms with Gasteiger partial charge in [0.05, 0.1) is 72.1 Å². The maximum Gasteiger partial charge on any atom is 0.471 e. The lowest BCUT2D eigenvalue weighted by Crippen LogP contribution is -2.56. The summed E-state index contributed by atoms with van der Waals surface area (Å²) in [4.78, 5) is 174. The number of carbonyl (C=O) groups excluding carboxylic acids is 9. The number of nitrogens with one attached hydrogen (secondary N) is 2. The number of carbonyl (C=O) groups is 9. The molecule has 0 saturated carbocycles. The van der Waals surface area contributed by atoms with Gasteiger partial charge in [0, 0.05) is 119 Å². The Balaban J connectivity index is 0.000000153. The molecule has 11 aromatic rings. The molecule has 0 radical (unpaired) electrons. The summed E-state index contributed by atoms with van der Waals surface area (Å²) in [6.45, 7) is 10.7. The van der Waals surface area contributed by atoms with Crippen molar-refractivity contribution in [3.8, 4) is 28.9 Å². The highest BCUT2D eigenvalue weighted by molar-refractivity contribution is 7.46. The van der Waals surface area contributed by atoms with Crippen molar-refractivity contribution in [2.45, 2.75) is 59.5 Å². The standard InChI is InChI=1S/C26H28N7O8P.C25H25N7O4.C22H22N4O4/c1-16-12-30(25(35)18-7-5-4-6-8-18)9-10-32(16)26(36)23(34)19-13-31(15-41-42(37,38)39)22-21(19)20(40-3)11-27-24(22)33-14-28-17(2)29-33;1-15-13-30(24(34)17-7-5-4-6-8-17)9-10-31(15)25(35)22(33)18-11-26-21-20(18)19(36-3)12-27-23(21)32-14-28-16(2)29-32;1-14-13-25(21(28)15-6-4-3-5-7-15)10-11-26(14)22(29)19(27)16-12-24-20-18(16)17(30-2)8-9-23-20/h4-8,11,13-14,16H,9-10,12,15H2,1-3H3,(H2,37,38,39);4-8,11-12,14-15,26H,9-10,13H2,1-3H3;3-9,12,14H,10-11,13H2,1-2H3,(H,23,24). The fourth-order valence-electron chi connectivity index (χ4n) is 13.3. The number of nitrogens with zero attached hydrogens (tertiary/aromatic N) is 16. The van der Waals surface area contributed by atoms with Gasteiger partial charge in [-0.15, -0.1) is 0 Å². The van der Waals surface area contributed by atoms with E-state index in [0.717, 1.165) is 0 Å². The Kier molecular flexibility index (Phi) is 22.2. The molecule has 3 unspecified atom stereocenters. The molecule has 34 nitrogen and oxygen atoms in total. The van der Waals surface area contributed by atoms with Crippen LogP contribution < -0.4 is 14.2 Å². The second kappa shape index (κ2) is 32.0. The molecule has 0 aliphatic carbocycles. The predicted molar refractivity (Wildman–Crippen MR) is 388 cm³/mol. The van der Waals surface area contributed by atoms with Crippen LogP contribution in [0.2, 0.25) is 0 Å². The molecule has 3 aromatic carbocycles. The zero-order chi connectivity index (χ0) is 76.8. The van der Waals surface area contributed by atoms with Crippen LogP contribution in [0.5, 0.6) is 17.2 Å². The number of phosphoric ester groups is 1. The van der Waals surface area contributed by atoms with Gasteiger partial charge in [0.15, 0.2) is 11.6 Å². The highest BCUT2D eigenvalue weighted by atomic mass is 31.2. The Hall–Kier alpha value is -12.7. The van der Waals surface area contributed by atoms with Crippen LogP contribution in [0.1, 0.15) is 94.6 Å². The van der Waals surface area contributed by atoms with Gasteiger partial charge in [0.1, 0.15) is 59.4 Å². The third kappa shape index (κ3) is 15.5. The molecule has 8 aromatic heterocycles. The van der Waals surface area contributed by atoms with Crippen LogP contribution in [0.15, 0.2) is 147 Å². The zero-order valence-electron chi connectivity index (χ0n) is 59.9. The fraction of sp³-hybridized carbons (Fsp3) is 0.288. The minimum Gasteiger partial charge on any atom is -0.496 e. The first kappa shape index (κ1) is 75.0. The van der Waals surface area contributed by atoms with Gasteiger partial charge in [-0.05, 0) is 77.1 Å². The van der Waals surface area contributed by atoms with E-state index >= 15 is 0 Å². The van der Waals surface area contributed by atoms with Gasteiger partial charge in [0.2, 0.25) is 0 Å². The van der Waals surface area contributed by atoms with Crippen molar-refractivity contribution < 1.29 is 76.2 Å². The van der Waals surface area contributed by atoms with E-state index in [9.17, 15) is 57.5 Å². The van der Waals surface area contributed by atoms with E-state index in [1.54, 1.807) is 96.3 Å². The molecule has 558 valence electrons. The predicted octanol–water partition coefficient (Wildman–Crippen LogP) is 5.70. The summed E-state index contributed by atoms with van der Waals surface area (Å²) < 4.78 is 36.5.